The molecule has 0 amide bonds. The molecular formula is C16H14O3. The molecule has 0 aliphatic carbocycles. The van der Waals surface area contributed by atoms with E-state index < -0.39 is 6.79 Å². The number of carbonyl (C=O) groups excluding carboxylic acids is 1. The second-order valence-electron chi connectivity index (χ2n) is 3.87. The average molecular weight is 254 g/mol. The van der Waals surface area contributed by atoms with Gasteiger partial charge in [0.2, 0.25) is 0 Å². The van der Waals surface area contributed by atoms with Gasteiger partial charge >= 0.3 is 0 Å². The molecule has 19 heavy (non-hydrogen) atoms. The van der Waals surface area contributed by atoms with Crippen molar-refractivity contribution < 1.29 is 14.6 Å². The average Bonchev–Trinajstić information content (AvgIpc) is 2.47. The molecule has 2 aromatic carbocycles. The highest BCUT2D eigenvalue weighted by molar-refractivity contribution is 6.06. The highest BCUT2D eigenvalue weighted by Crippen LogP contribution is 2.19. The second kappa shape index (κ2) is 6.52. The lowest BCUT2D eigenvalue weighted by Gasteiger charge is -2.05. The third kappa shape index (κ3) is 3.53. The molecule has 0 aromatic heterocycles. The van der Waals surface area contributed by atoms with E-state index in [1.807, 2.05) is 30.3 Å². The zero-order chi connectivity index (χ0) is 13.5. The predicted molar refractivity (Wildman–Crippen MR) is 74.0 cm³/mol. The van der Waals surface area contributed by atoms with Gasteiger partial charge in [-0.1, -0.05) is 48.5 Å². The van der Waals surface area contributed by atoms with Crippen molar-refractivity contribution in [2.24, 2.45) is 0 Å². The van der Waals surface area contributed by atoms with Crippen LogP contribution in [0.15, 0.2) is 60.7 Å². The number of aliphatic hydroxyl groups is 1. The summed E-state index contributed by atoms with van der Waals surface area (Å²) < 4.78 is 5.07. The lowest BCUT2D eigenvalue weighted by molar-refractivity contribution is 0.0983. The van der Waals surface area contributed by atoms with Crippen LogP contribution in [-0.2, 0) is 0 Å². The normalized spacial score (nSPS) is 10.6. The first-order valence-electron chi connectivity index (χ1n) is 5.91. The lowest BCUT2D eigenvalue weighted by atomic mass is 10.1. The van der Waals surface area contributed by atoms with Crippen molar-refractivity contribution in [3.8, 4) is 5.75 Å². The molecular weight excluding hydrogens is 240 g/mol. The standard InChI is InChI=1S/C16H14O3/c17-12-19-16-9-5-4-8-14(16)10-11-15(18)13-6-2-1-3-7-13/h1-11,17H,12H2. The highest BCUT2D eigenvalue weighted by Gasteiger charge is 2.02. The first-order chi connectivity index (χ1) is 9.31. The second-order valence-corrected chi connectivity index (χ2v) is 3.87. The van der Waals surface area contributed by atoms with Crippen LogP contribution in [0.3, 0.4) is 0 Å². The summed E-state index contributed by atoms with van der Waals surface area (Å²) in [5.74, 6) is 0.474. The molecule has 0 aliphatic heterocycles. The molecule has 0 atom stereocenters. The molecule has 3 nitrogen and oxygen atoms in total. The van der Waals surface area contributed by atoms with Crippen LogP contribution < -0.4 is 4.74 Å². The van der Waals surface area contributed by atoms with Gasteiger partial charge in [-0.15, -0.1) is 0 Å². The molecule has 0 bridgehead atoms. The van der Waals surface area contributed by atoms with Gasteiger partial charge in [0.1, 0.15) is 5.75 Å². The van der Waals surface area contributed by atoms with Crippen molar-refractivity contribution in [3.63, 3.8) is 0 Å². The SMILES string of the molecule is O=C(C=Cc1ccccc1OCO)c1ccccc1. The van der Waals surface area contributed by atoms with Gasteiger partial charge in [0.25, 0.3) is 0 Å². The Morgan fingerprint density at radius 1 is 1.05 bits per heavy atom. The quantitative estimate of drug-likeness (QED) is 0.507. The summed E-state index contributed by atoms with van der Waals surface area (Å²) in [6, 6.07) is 16.3. The van der Waals surface area contributed by atoms with Gasteiger partial charge in [-0.05, 0) is 18.2 Å². The zero-order valence-corrected chi connectivity index (χ0v) is 10.3. The van der Waals surface area contributed by atoms with E-state index in [1.54, 1.807) is 30.3 Å². The van der Waals surface area contributed by atoms with E-state index >= 15 is 0 Å². The predicted octanol–water partition coefficient (Wildman–Crippen LogP) is 2.91. The van der Waals surface area contributed by atoms with Crippen LogP contribution >= 0.6 is 0 Å². The van der Waals surface area contributed by atoms with Gasteiger partial charge < -0.3 is 9.84 Å². The summed E-state index contributed by atoms with van der Waals surface area (Å²) in [5.41, 5.74) is 1.39. The summed E-state index contributed by atoms with van der Waals surface area (Å²) >= 11 is 0. The molecule has 96 valence electrons. The Morgan fingerprint density at radius 2 is 1.74 bits per heavy atom. The monoisotopic (exact) mass is 254 g/mol. The minimum Gasteiger partial charge on any atom is -0.467 e. The van der Waals surface area contributed by atoms with E-state index in [-0.39, 0.29) is 5.78 Å². The van der Waals surface area contributed by atoms with Gasteiger partial charge in [-0.25, -0.2) is 0 Å². The number of ether oxygens (including phenoxy) is 1. The molecule has 0 saturated carbocycles. The van der Waals surface area contributed by atoms with Crippen LogP contribution in [0.5, 0.6) is 5.75 Å². The van der Waals surface area contributed by atoms with E-state index in [9.17, 15) is 4.79 Å². The van der Waals surface area contributed by atoms with E-state index in [1.165, 1.54) is 6.08 Å². The van der Waals surface area contributed by atoms with Crippen molar-refractivity contribution in [1.82, 2.24) is 0 Å². The fourth-order valence-electron chi connectivity index (χ4n) is 1.68. The molecule has 0 unspecified atom stereocenters. The first-order valence-corrected chi connectivity index (χ1v) is 5.91. The molecule has 0 heterocycles. The van der Waals surface area contributed by atoms with E-state index in [0.717, 1.165) is 5.56 Å². The Kier molecular flexibility index (Phi) is 4.48. The molecule has 0 saturated heterocycles. The van der Waals surface area contributed by atoms with Crippen molar-refractivity contribution in [2.75, 3.05) is 6.79 Å². The molecule has 0 fully saturated rings. The summed E-state index contributed by atoms with van der Waals surface area (Å²) in [6.45, 7) is -0.391. The fourth-order valence-corrected chi connectivity index (χ4v) is 1.68. The molecule has 1 N–H and O–H groups in total. The van der Waals surface area contributed by atoms with Crippen LogP contribution in [0, 0.1) is 0 Å². The number of carbonyl (C=O) groups is 1. The minimum absolute atomic E-state index is 0.0700. The summed E-state index contributed by atoms with van der Waals surface area (Å²) in [4.78, 5) is 11.9. The maximum atomic E-state index is 11.9. The number of para-hydroxylation sites is 1. The number of ketones is 1. The number of rotatable bonds is 5. The Labute approximate surface area is 111 Å². The molecule has 0 spiro atoms. The molecule has 2 aromatic rings. The maximum absolute atomic E-state index is 11.9. The Hall–Kier alpha value is -2.39. The Bertz CT molecular complexity index is 574. The Morgan fingerprint density at radius 3 is 2.47 bits per heavy atom. The van der Waals surface area contributed by atoms with Gasteiger partial charge in [0.15, 0.2) is 12.6 Å². The zero-order valence-electron chi connectivity index (χ0n) is 10.3. The minimum atomic E-state index is -0.391. The van der Waals surface area contributed by atoms with Crippen LogP contribution in [0.4, 0.5) is 0 Å². The van der Waals surface area contributed by atoms with Gasteiger partial charge in [0, 0.05) is 11.1 Å². The molecule has 0 radical (unpaired) electrons. The van der Waals surface area contributed by atoms with Gasteiger partial charge in [-0.2, -0.15) is 0 Å². The summed E-state index contributed by atoms with van der Waals surface area (Å²) in [7, 11) is 0. The van der Waals surface area contributed by atoms with Crippen LogP contribution in [0.2, 0.25) is 0 Å². The van der Waals surface area contributed by atoms with Gasteiger partial charge in [0.05, 0.1) is 0 Å². The molecule has 3 heteroatoms. The van der Waals surface area contributed by atoms with Crippen LogP contribution in [0.25, 0.3) is 6.08 Å². The number of benzene rings is 2. The number of allylic oxidation sites excluding steroid dienone is 1. The topological polar surface area (TPSA) is 46.5 Å². The maximum Gasteiger partial charge on any atom is 0.186 e. The van der Waals surface area contributed by atoms with Crippen molar-refractivity contribution in [2.45, 2.75) is 0 Å². The highest BCUT2D eigenvalue weighted by atomic mass is 16.6. The lowest BCUT2D eigenvalue weighted by Crippen LogP contribution is -1.97. The summed E-state index contributed by atoms with van der Waals surface area (Å²) in [6.07, 6.45) is 3.18. The smallest absolute Gasteiger partial charge is 0.186 e. The van der Waals surface area contributed by atoms with E-state index in [4.69, 9.17) is 9.84 Å². The molecule has 0 aliphatic rings. The Balaban J connectivity index is 2.17. The van der Waals surface area contributed by atoms with Crippen LogP contribution in [0.1, 0.15) is 15.9 Å². The van der Waals surface area contributed by atoms with Crippen molar-refractivity contribution in [3.05, 3.63) is 71.8 Å². The third-order valence-corrected chi connectivity index (χ3v) is 2.61. The van der Waals surface area contributed by atoms with Gasteiger partial charge in [-0.3, -0.25) is 4.79 Å². The number of aliphatic hydroxyl groups excluding tert-OH is 1. The van der Waals surface area contributed by atoms with E-state index in [2.05, 4.69) is 0 Å². The largest absolute Gasteiger partial charge is 0.467 e. The third-order valence-electron chi connectivity index (χ3n) is 2.61. The molecule has 2 rings (SSSR count). The fraction of sp³-hybridized carbons (Fsp3) is 0.0625. The number of hydrogen-bond donors (Lipinski definition) is 1. The van der Waals surface area contributed by atoms with E-state index in [0.29, 0.717) is 11.3 Å². The number of hydrogen-bond acceptors (Lipinski definition) is 3. The van der Waals surface area contributed by atoms with Crippen molar-refractivity contribution in [1.29, 1.82) is 0 Å². The van der Waals surface area contributed by atoms with Crippen molar-refractivity contribution >= 4 is 11.9 Å². The summed E-state index contributed by atoms with van der Waals surface area (Å²) in [5, 5.41) is 8.79. The van der Waals surface area contributed by atoms with Crippen LogP contribution in [-0.4, -0.2) is 17.7 Å². The first kappa shape index (κ1) is 13.1.